The van der Waals surface area contributed by atoms with Crippen molar-refractivity contribution in [3.8, 4) is 5.75 Å². The Hall–Kier alpha value is -3.42. The highest BCUT2D eigenvalue weighted by molar-refractivity contribution is 6.21. The SMILES string of the molecule is CCOC(=O)CC1C(=O)N(c2ccc(F)cc2)C(=O)N1CCc1ccc(O)cc1. The van der Waals surface area contributed by atoms with E-state index in [0.717, 1.165) is 22.6 Å². The summed E-state index contributed by atoms with van der Waals surface area (Å²) in [5, 5.41) is 9.39. The molecule has 1 aliphatic heterocycles. The fraction of sp³-hybridized carbons (Fsp3) is 0.286. The number of carbonyl (C=O) groups is 3. The third-order valence-electron chi connectivity index (χ3n) is 4.65. The molecule has 0 aliphatic carbocycles. The molecule has 29 heavy (non-hydrogen) atoms. The second-order valence-electron chi connectivity index (χ2n) is 6.57. The molecule has 0 spiro atoms. The topological polar surface area (TPSA) is 87.2 Å². The Morgan fingerprint density at radius 2 is 1.76 bits per heavy atom. The Kier molecular flexibility index (Phi) is 6.11. The van der Waals surface area contributed by atoms with E-state index in [0.29, 0.717) is 6.42 Å². The maximum atomic E-state index is 13.2. The van der Waals surface area contributed by atoms with Crippen molar-refractivity contribution in [1.82, 2.24) is 4.90 Å². The highest BCUT2D eigenvalue weighted by Crippen LogP contribution is 2.27. The van der Waals surface area contributed by atoms with E-state index in [1.54, 1.807) is 19.1 Å². The normalized spacial score (nSPS) is 16.4. The largest absolute Gasteiger partial charge is 0.508 e. The first-order valence-electron chi connectivity index (χ1n) is 9.24. The Balaban J connectivity index is 1.83. The molecule has 0 aromatic heterocycles. The summed E-state index contributed by atoms with van der Waals surface area (Å²) in [6.07, 6.45) is 0.168. The van der Waals surface area contributed by atoms with Crippen molar-refractivity contribution in [2.45, 2.75) is 25.8 Å². The molecule has 1 fully saturated rings. The maximum absolute atomic E-state index is 13.2. The van der Waals surface area contributed by atoms with Crippen LogP contribution in [0.25, 0.3) is 0 Å². The number of amides is 3. The van der Waals surface area contributed by atoms with Gasteiger partial charge in [0, 0.05) is 6.54 Å². The summed E-state index contributed by atoms with van der Waals surface area (Å²) in [4.78, 5) is 40.2. The molecule has 2 aromatic rings. The number of nitrogens with zero attached hydrogens (tertiary/aromatic N) is 2. The van der Waals surface area contributed by atoms with E-state index < -0.39 is 29.8 Å². The zero-order valence-electron chi connectivity index (χ0n) is 15.9. The average molecular weight is 400 g/mol. The van der Waals surface area contributed by atoms with Gasteiger partial charge >= 0.3 is 12.0 Å². The van der Waals surface area contributed by atoms with Crippen LogP contribution in [0.3, 0.4) is 0 Å². The Morgan fingerprint density at radius 3 is 2.38 bits per heavy atom. The number of ether oxygens (including phenoxy) is 1. The van der Waals surface area contributed by atoms with Crippen LogP contribution in [-0.4, -0.2) is 47.1 Å². The average Bonchev–Trinajstić information content (AvgIpc) is 2.92. The number of benzene rings is 2. The number of hydrogen-bond acceptors (Lipinski definition) is 5. The number of esters is 1. The summed E-state index contributed by atoms with van der Waals surface area (Å²) >= 11 is 0. The van der Waals surface area contributed by atoms with Gasteiger partial charge in [-0.3, -0.25) is 9.59 Å². The molecule has 152 valence electrons. The summed E-state index contributed by atoms with van der Waals surface area (Å²) < 4.78 is 18.2. The lowest BCUT2D eigenvalue weighted by molar-refractivity contribution is -0.145. The number of anilines is 1. The molecule has 1 saturated heterocycles. The van der Waals surface area contributed by atoms with Crippen LogP contribution in [0, 0.1) is 5.82 Å². The van der Waals surface area contributed by atoms with Crippen LogP contribution < -0.4 is 4.90 Å². The first-order chi connectivity index (χ1) is 13.9. The molecule has 0 bridgehead atoms. The quantitative estimate of drug-likeness (QED) is 0.570. The van der Waals surface area contributed by atoms with Gasteiger partial charge in [-0.1, -0.05) is 12.1 Å². The fourth-order valence-corrected chi connectivity index (χ4v) is 3.21. The van der Waals surface area contributed by atoms with Crippen LogP contribution in [0.2, 0.25) is 0 Å². The number of phenols is 1. The minimum absolute atomic E-state index is 0.129. The third kappa shape index (κ3) is 4.53. The standard InChI is InChI=1S/C21H21FN2O5/c1-2-29-19(26)13-18-20(27)24(16-7-5-15(22)6-8-16)21(28)23(18)12-11-14-3-9-17(25)10-4-14/h3-10,18,25H,2,11-13H2,1H3. The number of phenolic OH excluding ortho intramolecular Hbond substituents is 1. The summed E-state index contributed by atoms with van der Waals surface area (Å²) in [5.74, 6) is -1.49. The van der Waals surface area contributed by atoms with E-state index in [1.165, 1.54) is 29.2 Å². The lowest BCUT2D eigenvalue weighted by Crippen LogP contribution is -2.38. The summed E-state index contributed by atoms with van der Waals surface area (Å²) in [5.41, 5.74) is 1.10. The molecule has 0 saturated carbocycles. The maximum Gasteiger partial charge on any atom is 0.332 e. The summed E-state index contributed by atoms with van der Waals surface area (Å²) in [6.45, 7) is 2.02. The van der Waals surface area contributed by atoms with Gasteiger partial charge in [-0.15, -0.1) is 0 Å². The number of rotatable bonds is 7. The molecule has 1 aliphatic rings. The molecule has 0 radical (unpaired) electrons. The van der Waals surface area contributed by atoms with Crippen LogP contribution in [0.1, 0.15) is 18.9 Å². The van der Waals surface area contributed by atoms with Crippen molar-refractivity contribution in [2.24, 2.45) is 0 Å². The van der Waals surface area contributed by atoms with Gasteiger partial charge in [-0.25, -0.2) is 14.1 Å². The van der Waals surface area contributed by atoms with Crippen molar-refractivity contribution < 1.29 is 28.6 Å². The molecular formula is C21H21FN2O5. The third-order valence-corrected chi connectivity index (χ3v) is 4.65. The predicted octanol–water partition coefficient (Wildman–Crippen LogP) is 2.86. The smallest absolute Gasteiger partial charge is 0.332 e. The fourth-order valence-electron chi connectivity index (χ4n) is 3.21. The molecule has 1 atom stereocenters. The molecular weight excluding hydrogens is 379 g/mol. The van der Waals surface area contributed by atoms with Crippen molar-refractivity contribution in [3.05, 3.63) is 59.9 Å². The molecule has 3 rings (SSSR count). The van der Waals surface area contributed by atoms with E-state index in [4.69, 9.17) is 4.74 Å². The first-order valence-corrected chi connectivity index (χ1v) is 9.24. The van der Waals surface area contributed by atoms with Gasteiger partial charge in [-0.05, 0) is 55.3 Å². The van der Waals surface area contributed by atoms with E-state index >= 15 is 0 Å². The van der Waals surface area contributed by atoms with Gasteiger partial charge in [0.05, 0.1) is 18.7 Å². The Morgan fingerprint density at radius 1 is 1.10 bits per heavy atom. The molecule has 1 heterocycles. The van der Waals surface area contributed by atoms with E-state index in [9.17, 15) is 23.9 Å². The number of imide groups is 1. The van der Waals surface area contributed by atoms with Gasteiger partial charge in [0.1, 0.15) is 17.6 Å². The second-order valence-corrected chi connectivity index (χ2v) is 6.57. The van der Waals surface area contributed by atoms with Crippen molar-refractivity contribution in [2.75, 3.05) is 18.1 Å². The van der Waals surface area contributed by atoms with Crippen LogP contribution in [0.15, 0.2) is 48.5 Å². The zero-order valence-corrected chi connectivity index (χ0v) is 15.9. The number of hydrogen-bond donors (Lipinski definition) is 1. The molecule has 7 nitrogen and oxygen atoms in total. The summed E-state index contributed by atoms with van der Waals surface area (Å²) in [6, 6.07) is 9.95. The molecule has 2 aromatic carbocycles. The zero-order chi connectivity index (χ0) is 21.0. The van der Waals surface area contributed by atoms with E-state index in [2.05, 4.69) is 0 Å². The lowest BCUT2D eigenvalue weighted by Gasteiger charge is -2.21. The Labute approximate surface area is 167 Å². The molecule has 3 amide bonds. The van der Waals surface area contributed by atoms with E-state index in [-0.39, 0.29) is 31.0 Å². The minimum Gasteiger partial charge on any atom is -0.508 e. The first kappa shape index (κ1) is 20.3. The number of aromatic hydroxyl groups is 1. The highest BCUT2D eigenvalue weighted by Gasteiger charge is 2.46. The van der Waals surface area contributed by atoms with Crippen molar-refractivity contribution in [3.63, 3.8) is 0 Å². The Bertz CT molecular complexity index is 898. The van der Waals surface area contributed by atoms with Crippen LogP contribution in [0.4, 0.5) is 14.9 Å². The molecule has 1 unspecified atom stereocenters. The number of halogens is 1. The predicted molar refractivity (Wildman–Crippen MR) is 103 cm³/mol. The van der Waals surface area contributed by atoms with Gasteiger partial charge < -0.3 is 14.7 Å². The van der Waals surface area contributed by atoms with Gasteiger partial charge in [0.15, 0.2) is 0 Å². The second kappa shape index (κ2) is 8.72. The van der Waals surface area contributed by atoms with Crippen LogP contribution >= 0.6 is 0 Å². The number of urea groups is 1. The van der Waals surface area contributed by atoms with Crippen LogP contribution in [-0.2, 0) is 20.7 Å². The van der Waals surface area contributed by atoms with Gasteiger partial charge in [0.2, 0.25) is 0 Å². The van der Waals surface area contributed by atoms with Crippen molar-refractivity contribution >= 4 is 23.6 Å². The minimum atomic E-state index is -0.997. The van der Waals surface area contributed by atoms with E-state index in [1.807, 2.05) is 0 Å². The molecule has 1 N–H and O–H groups in total. The number of carbonyl (C=O) groups excluding carboxylic acids is 3. The summed E-state index contributed by atoms with van der Waals surface area (Å²) in [7, 11) is 0. The van der Waals surface area contributed by atoms with Gasteiger partial charge in [-0.2, -0.15) is 0 Å². The van der Waals surface area contributed by atoms with Crippen molar-refractivity contribution in [1.29, 1.82) is 0 Å². The highest BCUT2D eigenvalue weighted by atomic mass is 19.1. The molecule has 8 heteroatoms. The monoisotopic (exact) mass is 400 g/mol. The van der Waals surface area contributed by atoms with Crippen LogP contribution in [0.5, 0.6) is 5.75 Å². The lowest BCUT2D eigenvalue weighted by atomic mass is 10.1. The van der Waals surface area contributed by atoms with Gasteiger partial charge in [0.25, 0.3) is 5.91 Å².